The molecule has 30 heavy (non-hydrogen) atoms. The molecule has 3 aromatic rings. The lowest BCUT2D eigenvalue weighted by atomic mass is 10.1. The van der Waals surface area contributed by atoms with Crippen molar-refractivity contribution in [2.45, 2.75) is 51.4 Å². The van der Waals surface area contributed by atoms with Gasteiger partial charge in [0.2, 0.25) is 5.91 Å². The number of amides is 1. The number of aryl methyl sites for hydroxylation is 1. The predicted octanol–water partition coefficient (Wildman–Crippen LogP) is 4.95. The Bertz CT molecular complexity index is 926. The zero-order chi connectivity index (χ0) is 21.2. The molecular formula is C23H28N4O2S. The molecule has 1 aromatic heterocycles. The Morgan fingerprint density at radius 2 is 1.83 bits per heavy atom. The number of hydrogen-bond acceptors (Lipinski definition) is 5. The molecule has 0 aliphatic carbocycles. The van der Waals surface area contributed by atoms with E-state index in [1.54, 1.807) is 0 Å². The number of anilines is 1. The first-order valence-electron chi connectivity index (χ1n) is 10.3. The highest BCUT2D eigenvalue weighted by Crippen LogP contribution is 2.19. The van der Waals surface area contributed by atoms with E-state index < -0.39 is 0 Å². The van der Waals surface area contributed by atoms with E-state index in [2.05, 4.69) is 34.6 Å². The molecule has 0 aliphatic heterocycles. The molecule has 6 nitrogen and oxygen atoms in total. The van der Waals surface area contributed by atoms with Gasteiger partial charge in [0.05, 0.1) is 5.75 Å². The van der Waals surface area contributed by atoms with Gasteiger partial charge in [0, 0.05) is 12.2 Å². The van der Waals surface area contributed by atoms with Crippen LogP contribution in [0.4, 0.5) is 5.69 Å². The first kappa shape index (κ1) is 21.9. The van der Waals surface area contributed by atoms with Crippen molar-refractivity contribution < 1.29 is 9.53 Å². The van der Waals surface area contributed by atoms with Crippen LogP contribution in [0.3, 0.4) is 0 Å². The van der Waals surface area contributed by atoms with Gasteiger partial charge in [-0.2, -0.15) is 0 Å². The van der Waals surface area contributed by atoms with Crippen molar-refractivity contribution in [1.29, 1.82) is 0 Å². The van der Waals surface area contributed by atoms with E-state index in [4.69, 9.17) is 4.74 Å². The first-order valence-corrected chi connectivity index (χ1v) is 11.3. The summed E-state index contributed by atoms with van der Waals surface area (Å²) in [7, 11) is 0. The number of para-hydroxylation sites is 1. The quantitative estimate of drug-likeness (QED) is 0.441. The molecule has 1 heterocycles. The van der Waals surface area contributed by atoms with E-state index in [1.807, 2.05) is 54.0 Å². The molecule has 0 aliphatic rings. The monoisotopic (exact) mass is 424 g/mol. The molecule has 0 fully saturated rings. The molecule has 7 heteroatoms. The number of benzene rings is 2. The topological polar surface area (TPSA) is 69.0 Å². The summed E-state index contributed by atoms with van der Waals surface area (Å²) in [6.07, 6.45) is 3.43. The van der Waals surface area contributed by atoms with Crippen LogP contribution in [-0.2, 0) is 24.4 Å². The number of nitrogens with one attached hydrogen (secondary N) is 1. The zero-order valence-electron chi connectivity index (χ0n) is 17.5. The van der Waals surface area contributed by atoms with Crippen molar-refractivity contribution in [3.63, 3.8) is 0 Å². The first-order chi connectivity index (χ1) is 14.7. The summed E-state index contributed by atoms with van der Waals surface area (Å²) in [5, 5.41) is 12.1. The van der Waals surface area contributed by atoms with E-state index in [-0.39, 0.29) is 11.7 Å². The number of aromatic nitrogens is 3. The standard InChI is InChI=1S/C23H28N4O2S/c1-3-5-9-18-12-14-19(15-13-18)24-22(28)17-30-23-26-25-21(27(23)4-2)16-29-20-10-7-6-8-11-20/h6-8,10-15H,3-5,9,16-17H2,1-2H3,(H,24,28). The summed E-state index contributed by atoms with van der Waals surface area (Å²) in [5.41, 5.74) is 2.11. The number of unbranched alkanes of at least 4 members (excludes halogenated alkanes) is 1. The van der Waals surface area contributed by atoms with E-state index in [9.17, 15) is 4.79 Å². The second-order valence-electron chi connectivity index (χ2n) is 6.88. The Hall–Kier alpha value is -2.80. The van der Waals surface area contributed by atoms with Gasteiger partial charge in [-0.25, -0.2) is 0 Å². The van der Waals surface area contributed by atoms with Crippen LogP contribution in [0.15, 0.2) is 59.8 Å². The fraction of sp³-hybridized carbons (Fsp3) is 0.348. The van der Waals surface area contributed by atoms with Gasteiger partial charge in [-0.1, -0.05) is 55.4 Å². The van der Waals surface area contributed by atoms with Crippen LogP contribution in [0, 0.1) is 0 Å². The average molecular weight is 425 g/mol. The molecule has 0 spiro atoms. The summed E-state index contributed by atoms with van der Waals surface area (Å²) in [5.74, 6) is 1.74. The third-order valence-electron chi connectivity index (χ3n) is 4.61. The van der Waals surface area contributed by atoms with E-state index >= 15 is 0 Å². The fourth-order valence-corrected chi connectivity index (χ4v) is 3.80. The van der Waals surface area contributed by atoms with Gasteiger partial charge in [0.25, 0.3) is 0 Å². The van der Waals surface area contributed by atoms with Gasteiger partial charge in [0.15, 0.2) is 11.0 Å². The van der Waals surface area contributed by atoms with E-state index in [0.717, 1.165) is 23.7 Å². The Labute approximate surface area is 182 Å². The second kappa shape index (κ2) is 11.4. The zero-order valence-corrected chi connectivity index (χ0v) is 18.3. The Morgan fingerprint density at radius 3 is 2.53 bits per heavy atom. The molecule has 158 valence electrons. The van der Waals surface area contributed by atoms with Gasteiger partial charge in [-0.05, 0) is 49.6 Å². The minimum Gasteiger partial charge on any atom is -0.486 e. The molecule has 0 atom stereocenters. The number of ether oxygens (including phenoxy) is 1. The summed E-state index contributed by atoms with van der Waals surface area (Å²) < 4.78 is 7.75. The lowest BCUT2D eigenvalue weighted by Gasteiger charge is -2.09. The highest BCUT2D eigenvalue weighted by molar-refractivity contribution is 7.99. The van der Waals surface area contributed by atoms with E-state index in [1.165, 1.54) is 30.2 Å². The highest BCUT2D eigenvalue weighted by atomic mass is 32.2. The molecule has 0 radical (unpaired) electrons. The summed E-state index contributed by atoms with van der Waals surface area (Å²) in [6.45, 7) is 5.26. The maximum atomic E-state index is 12.3. The molecule has 0 bridgehead atoms. The van der Waals surface area contributed by atoms with Crippen molar-refractivity contribution in [2.24, 2.45) is 0 Å². The maximum absolute atomic E-state index is 12.3. The van der Waals surface area contributed by atoms with Gasteiger partial charge < -0.3 is 14.6 Å². The number of thioether (sulfide) groups is 1. The van der Waals surface area contributed by atoms with Crippen molar-refractivity contribution in [3.8, 4) is 5.75 Å². The highest BCUT2D eigenvalue weighted by Gasteiger charge is 2.14. The number of nitrogens with zero attached hydrogens (tertiary/aromatic N) is 3. The normalized spacial score (nSPS) is 10.7. The lowest BCUT2D eigenvalue weighted by molar-refractivity contribution is -0.113. The molecular weight excluding hydrogens is 396 g/mol. The molecule has 3 rings (SSSR count). The predicted molar refractivity (Wildman–Crippen MR) is 121 cm³/mol. The van der Waals surface area contributed by atoms with Gasteiger partial charge >= 0.3 is 0 Å². The van der Waals surface area contributed by atoms with Crippen LogP contribution in [0.1, 0.15) is 38.1 Å². The molecule has 0 saturated carbocycles. The third kappa shape index (κ3) is 6.35. The van der Waals surface area contributed by atoms with Gasteiger partial charge in [0.1, 0.15) is 12.4 Å². The van der Waals surface area contributed by atoms with Crippen LogP contribution >= 0.6 is 11.8 Å². The summed E-state index contributed by atoms with van der Waals surface area (Å²) in [6, 6.07) is 17.7. The third-order valence-corrected chi connectivity index (χ3v) is 5.58. The van der Waals surface area contributed by atoms with Crippen LogP contribution in [-0.4, -0.2) is 26.4 Å². The van der Waals surface area contributed by atoms with Crippen LogP contribution in [0.5, 0.6) is 5.75 Å². The second-order valence-corrected chi connectivity index (χ2v) is 7.82. The SMILES string of the molecule is CCCCc1ccc(NC(=O)CSc2nnc(COc3ccccc3)n2CC)cc1. The van der Waals surface area contributed by atoms with Crippen molar-refractivity contribution in [3.05, 3.63) is 66.0 Å². The summed E-state index contributed by atoms with van der Waals surface area (Å²) in [4.78, 5) is 12.3. The number of hydrogen-bond donors (Lipinski definition) is 1. The number of rotatable bonds is 11. The summed E-state index contributed by atoms with van der Waals surface area (Å²) >= 11 is 1.38. The minimum atomic E-state index is -0.0611. The largest absolute Gasteiger partial charge is 0.486 e. The smallest absolute Gasteiger partial charge is 0.234 e. The molecule has 1 amide bonds. The van der Waals surface area contributed by atoms with Crippen LogP contribution in [0.25, 0.3) is 0 Å². The van der Waals surface area contributed by atoms with Crippen LogP contribution < -0.4 is 10.1 Å². The molecule has 0 saturated heterocycles. The van der Waals surface area contributed by atoms with Crippen LogP contribution in [0.2, 0.25) is 0 Å². The van der Waals surface area contributed by atoms with Gasteiger partial charge in [-0.15, -0.1) is 10.2 Å². The van der Waals surface area contributed by atoms with Crippen molar-refractivity contribution in [1.82, 2.24) is 14.8 Å². The minimum absolute atomic E-state index is 0.0611. The Kier molecular flexibility index (Phi) is 8.32. The van der Waals surface area contributed by atoms with Crippen molar-refractivity contribution >= 4 is 23.4 Å². The molecule has 2 aromatic carbocycles. The van der Waals surface area contributed by atoms with Crippen molar-refractivity contribution in [2.75, 3.05) is 11.1 Å². The number of carbonyl (C=O) groups excluding carboxylic acids is 1. The lowest BCUT2D eigenvalue weighted by Crippen LogP contribution is -2.15. The average Bonchev–Trinajstić information content (AvgIpc) is 3.18. The Morgan fingerprint density at radius 1 is 1.07 bits per heavy atom. The van der Waals surface area contributed by atoms with Gasteiger partial charge in [-0.3, -0.25) is 4.79 Å². The molecule has 0 unspecified atom stereocenters. The maximum Gasteiger partial charge on any atom is 0.234 e. The number of carbonyl (C=O) groups is 1. The fourth-order valence-electron chi connectivity index (χ4n) is 2.98. The Balaban J connectivity index is 1.51. The van der Waals surface area contributed by atoms with E-state index in [0.29, 0.717) is 18.3 Å². The molecule has 1 N–H and O–H groups in total.